The van der Waals surface area contributed by atoms with Crippen LogP contribution in [0.5, 0.6) is 0 Å². The van der Waals surface area contributed by atoms with Crippen LogP contribution in [0.2, 0.25) is 0 Å². The first kappa shape index (κ1) is 18.8. The van der Waals surface area contributed by atoms with Crippen LogP contribution in [0.25, 0.3) is 21.8 Å². The Balaban J connectivity index is 1.79. The van der Waals surface area contributed by atoms with Gasteiger partial charge in [0.15, 0.2) is 0 Å². The molecule has 0 unspecified atom stereocenters. The number of aliphatic hydroxyl groups excluding tert-OH is 1. The normalized spacial score (nSPS) is 23.3. The molecule has 1 amide bonds. The van der Waals surface area contributed by atoms with E-state index in [-0.39, 0.29) is 12.6 Å². The van der Waals surface area contributed by atoms with Crippen LogP contribution < -0.4 is 5.73 Å². The Morgan fingerprint density at radius 3 is 2.11 bits per heavy atom. The summed E-state index contributed by atoms with van der Waals surface area (Å²) in [5.41, 5.74) is 7.70. The summed E-state index contributed by atoms with van der Waals surface area (Å²) in [6.07, 6.45) is -1.17. The van der Waals surface area contributed by atoms with Crippen LogP contribution in [-0.4, -0.2) is 51.5 Å². The Hall–Kier alpha value is -2.57. The lowest BCUT2D eigenvalue weighted by molar-refractivity contribution is -0.0120. The highest BCUT2D eigenvalue weighted by Gasteiger charge is 2.39. The molecule has 3 N–H and O–H groups in total. The van der Waals surface area contributed by atoms with Crippen molar-refractivity contribution in [1.29, 1.82) is 0 Å². The van der Waals surface area contributed by atoms with Gasteiger partial charge in [0.1, 0.15) is 5.60 Å². The first-order valence-corrected chi connectivity index (χ1v) is 9.65. The number of likely N-dealkylation sites (tertiary alicyclic amines) is 1. The molecule has 1 saturated heterocycles. The van der Waals surface area contributed by atoms with E-state index in [0.717, 1.165) is 21.8 Å². The zero-order valence-electron chi connectivity index (χ0n) is 16.5. The number of piperidine rings is 1. The topological polar surface area (TPSA) is 80.7 Å². The fourth-order valence-corrected chi connectivity index (χ4v) is 4.08. The molecule has 2 heterocycles. The minimum absolute atomic E-state index is 0.268. The van der Waals surface area contributed by atoms with Gasteiger partial charge in [-0.25, -0.2) is 4.79 Å². The fourth-order valence-electron chi connectivity index (χ4n) is 4.08. The Kier molecular flexibility index (Phi) is 4.56. The lowest BCUT2D eigenvalue weighted by Crippen LogP contribution is -2.58. The highest BCUT2D eigenvalue weighted by Crippen LogP contribution is 2.35. The molecule has 1 aliphatic heterocycles. The van der Waals surface area contributed by atoms with Gasteiger partial charge in [-0.1, -0.05) is 36.4 Å². The second-order valence-electron chi connectivity index (χ2n) is 8.51. The van der Waals surface area contributed by atoms with Crippen molar-refractivity contribution < 1.29 is 14.6 Å². The number of hydrogen-bond donors (Lipinski definition) is 2. The predicted molar refractivity (Wildman–Crippen MR) is 110 cm³/mol. The third kappa shape index (κ3) is 3.23. The second kappa shape index (κ2) is 6.79. The largest absolute Gasteiger partial charge is 0.444 e. The Labute approximate surface area is 164 Å². The van der Waals surface area contributed by atoms with Crippen LogP contribution in [0.1, 0.15) is 26.8 Å². The van der Waals surface area contributed by atoms with Gasteiger partial charge in [0.25, 0.3) is 0 Å². The summed E-state index contributed by atoms with van der Waals surface area (Å²) in [5, 5.41) is 13.2. The van der Waals surface area contributed by atoms with Crippen molar-refractivity contribution in [3.8, 4) is 0 Å². The van der Waals surface area contributed by atoms with E-state index in [9.17, 15) is 9.90 Å². The summed E-state index contributed by atoms with van der Waals surface area (Å²) in [6.45, 7) is 6.13. The molecule has 0 spiro atoms. The van der Waals surface area contributed by atoms with Crippen molar-refractivity contribution in [3.63, 3.8) is 0 Å². The molecule has 0 bridgehead atoms. The molecule has 0 saturated carbocycles. The molecule has 148 valence electrons. The van der Waals surface area contributed by atoms with Crippen molar-refractivity contribution in [1.82, 2.24) is 9.47 Å². The van der Waals surface area contributed by atoms with E-state index in [4.69, 9.17) is 10.5 Å². The number of rotatable bonds is 1. The van der Waals surface area contributed by atoms with Crippen LogP contribution >= 0.6 is 0 Å². The minimum Gasteiger partial charge on any atom is -0.444 e. The maximum atomic E-state index is 12.7. The quantitative estimate of drug-likeness (QED) is 0.678. The van der Waals surface area contributed by atoms with Gasteiger partial charge in [-0.2, -0.15) is 0 Å². The molecule has 4 rings (SSSR count). The van der Waals surface area contributed by atoms with Crippen LogP contribution in [0.4, 0.5) is 4.79 Å². The van der Waals surface area contributed by atoms with Crippen molar-refractivity contribution in [2.75, 3.05) is 13.1 Å². The SMILES string of the molecule is CC(C)(C)OC(=O)N1C[C@@H](n2c3ccccc3c3ccccc32)[C@H](O)[C@@H](N)C1. The zero-order valence-corrected chi connectivity index (χ0v) is 16.5. The van der Waals surface area contributed by atoms with Crippen LogP contribution in [0.15, 0.2) is 48.5 Å². The number of aromatic nitrogens is 1. The van der Waals surface area contributed by atoms with Gasteiger partial charge in [-0.3, -0.25) is 0 Å². The average molecular weight is 381 g/mol. The summed E-state index contributed by atoms with van der Waals surface area (Å²) < 4.78 is 7.66. The molecule has 28 heavy (non-hydrogen) atoms. The molecular formula is C22H27N3O3. The maximum Gasteiger partial charge on any atom is 0.410 e. The number of carbonyl (C=O) groups is 1. The number of fused-ring (bicyclic) bond motifs is 3. The first-order valence-electron chi connectivity index (χ1n) is 9.65. The number of hydrogen-bond acceptors (Lipinski definition) is 4. The summed E-state index contributed by atoms with van der Waals surface area (Å²) in [7, 11) is 0. The lowest BCUT2D eigenvalue weighted by Gasteiger charge is -2.41. The van der Waals surface area contributed by atoms with E-state index in [1.165, 1.54) is 0 Å². The van der Waals surface area contributed by atoms with Crippen molar-refractivity contribution in [2.45, 2.75) is 44.6 Å². The molecule has 3 atom stereocenters. The third-order valence-electron chi connectivity index (χ3n) is 5.27. The first-order chi connectivity index (χ1) is 13.3. The fraction of sp³-hybridized carbons (Fsp3) is 0.409. The van der Waals surface area contributed by atoms with E-state index in [0.29, 0.717) is 6.54 Å². The number of amides is 1. The van der Waals surface area contributed by atoms with Gasteiger partial charge in [-0.15, -0.1) is 0 Å². The Bertz CT molecular complexity index is 967. The van der Waals surface area contributed by atoms with Gasteiger partial charge in [0.05, 0.1) is 18.2 Å². The van der Waals surface area contributed by atoms with E-state index >= 15 is 0 Å². The highest BCUT2D eigenvalue weighted by atomic mass is 16.6. The third-order valence-corrected chi connectivity index (χ3v) is 5.27. The van der Waals surface area contributed by atoms with Gasteiger partial charge in [-0.05, 0) is 32.9 Å². The van der Waals surface area contributed by atoms with Gasteiger partial charge in [0, 0.05) is 34.9 Å². The maximum absolute atomic E-state index is 12.7. The van der Waals surface area contributed by atoms with Crippen molar-refractivity contribution >= 4 is 27.9 Å². The number of carbonyl (C=O) groups excluding carboxylic acids is 1. The Morgan fingerprint density at radius 2 is 1.57 bits per heavy atom. The van der Waals surface area contributed by atoms with Crippen LogP contribution in [0, 0.1) is 0 Å². The molecule has 0 radical (unpaired) electrons. The molecule has 2 aromatic carbocycles. The van der Waals surface area contributed by atoms with Crippen LogP contribution in [0.3, 0.4) is 0 Å². The molecule has 1 aromatic heterocycles. The highest BCUT2D eigenvalue weighted by molar-refractivity contribution is 6.08. The minimum atomic E-state index is -0.766. The molecule has 0 aliphatic carbocycles. The number of ether oxygens (including phenoxy) is 1. The zero-order chi connectivity index (χ0) is 20.1. The Morgan fingerprint density at radius 1 is 1.04 bits per heavy atom. The van der Waals surface area contributed by atoms with Crippen LogP contribution in [-0.2, 0) is 4.74 Å². The molecule has 1 aliphatic rings. The molecular weight excluding hydrogens is 354 g/mol. The standard InChI is InChI=1S/C22H27N3O3/c1-22(2,3)28-21(27)24-12-16(23)20(26)19(13-24)25-17-10-6-4-8-14(17)15-9-5-7-11-18(15)25/h4-11,16,19-20,26H,12-13,23H2,1-3H3/t16-,19+,20+/m0/s1. The molecule has 3 aromatic rings. The number of aliphatic hydroxyl groups is 1. The summed E-state index contributed by atoms with van der Waals surface area (Å²) in [5.74, 6) is 0. The van der Waals surface area contributed by atoms with E-state index < -0.39 is 23.8 Å². The van der Waals surface area contributed by atoms with E-state index in [1.807, 2.05) is 57.2 Å². The molecule has 6 heteroatoms. The smallest absolute Gasteiger partial charge is 0.410 e. The van der Waals surface area contributed by atoms with Gasteiger partial charge in [0.2, 0.25) is 0 Å². The van der Waals surface area contributed by atoms with E-state index in [2.05, 4.69) is 16.7 Å². The lowest BCUT2D eigenvalue weighted by atomic mass is 9.97. The summed E-state index contributed by atoms with van der Waals surface area (Å²) in [4.78, 5) is 14.3. The molecule has 1 fully saturated rings. The van der Waals surface area contributed by atoms with Gasteiger partial charge >= 0.3 is 6.09 Å². The van der Waals surface area contributed by atoms with Crippen molar-refractivity contribution in [2.24, 2.45) is 5.73 Å². The van der Waals surface area contributed by atoms with Gasteiger partial charge < -0.3 is 25.0 Å². The number of nitrogens with two attached hydrogens (primary N) is 1. The van der Waals surface area contributed by atoms with Crippen molar-refractivity contribution in [3.05, 3.63) is 48.5 Å². The number of para-hydroxylation sites is 2. The predicted octanol–water partition coefficient (Wildman–Crippen LogP) is 3.27. The number of nitrogens with zero attached hydrogens (tertiary/aromatic N) is 2. The monoisotopic (exact) mass is 381 g/mol. The molecule has 6 nitrogen and oxygen atoms in total. The summed E-state index contributed by atoms with van der Waals surface area (Å²) in [6, 6.07) is 15.3. The second-order valence-corrected chi connectivity index (χ2v) is 8.51. The number of benzene rings is 2. The average Bonchev–Trinajstić information content (AvgIpc) is 2.97. The summed E-state index contributed by atoms with van der Waals surface area (Å²) >= 11 is 0. The van der Waals surface area contributed by atoms with E-state index in [1.54, 1.807) is 4.90 Å².